The number of carbonyl (C=O) groups excluding carboxylic acids is 2. The summed E-state index contributed by atoms with van der Waals surface area (Å²) < 4.78 is 0. The number of nitrogens with one attached hydrogen (secondary N) is 1. The third-order valence-electron chi connectivity index (χ3n) is 4.87. The Hall–Kier alpha value is -2.30. The molecule has 0 spiro atoms. The summed E-state index contributed by atoms with van der Waals surface area (Å²) in [6.45, 7) is 7.59. The van der Waals surface area contributed by atoms with Crippen molar-refractivity contribution in [3.8, 4) is 0 Å². The maximum atomic E-state index is 12.8. The lowest BCUT2D eigenvalue weighted by Gasteiger charge is -2.31. The van der Waals surface area contributed by atoms with Crippen molar-refractivity contribution in [3.63, 3.8) is 0 Å². The lowest BCUT2D eigenvalue weighted by Crippen LogP contribution is -2.45. The van der Waals surface area contributed by atoms with E-state index in [4.69, 9.17) is 0 Å². The van der Waals surface area contributed by atoms with Crippen LogP contribution in [0, 0.1) is 0 Å². The van der Waals surface area contributed by atoms with Crippen LogP contribution in [0.25, 0.3) is 0 Å². The molecule has 1 aromatic carbocycles. The first kappa shape index (κ1) is 16.6. The predicted octanol–water partition coefficient (Wildman–Crippen LogP) is 3.01. The Kier molecular flexibility index (Phi) is 4.35. The third-order valence-corrected chi connectivity index (χ3v) is 4.87. The minimum Gasteiger partial charge on any atom is -0.333 e. The molecule has 3 rings (SSSR count). The zero-order chi connectivity index (χ0) is 17.4. The van der Waals surface area contributed by atoms with Crippen molar-refractivity contribution < 1.29 is 9.59 Å². The maximum absolute atomic E-state index is 12.8. The van der Waals surface area contributed by atoms with Gasteiger partial charge in [0.2, 0.25) is 0 Å². The zero-order valence-electron chi connectivity index (χ0n) is 14.8. The highest BCUT2D eigenvalue weighted by Crippen LogP contribution is 2.35. The van der Waals surface area contributed by atoms with Crippen LogP contribution in [0.2, 0.25) is 0 Å². The first-order chi connectivity index (χ1) is 11.4. The van der Waals surface area contributed by atoms with Crippen molar-refractivity contribution in [3.05, 3.63) is 46.7 Å². The number of urea groups is 1. The predicted molar refractivity (Wildman–Crippen MR) is 93.5 cm³/mol. The molecule has 0 fully saturated rings. The highest BCUT2D eigenvalue weighted by atomic mass is 16.2. The van der Waals surface area contributed by atoms with Crippen LogP contribution < -0.4 is 5.32 Å². The molecule has 2 aliphatic heterocycles. The molecule has 1 atom stereocenters. The van der Waals surface area contributed by atoms with E-state index in [9.17, 15) is 9.59 Å². The van der Waals surface area contributed by atoms with Gasteiger partial charge in [-0.3, -0.25) is 9.69 Å². The summed E-state index contributed by atoms with van der Waals surface area (Å²) >= 11 is 0. The van der Waals surface area contributed by atoms with Gasteiger partial charge in [0.1, 0.15) is 0 Å². The Bertz CT molecular complexity index is 691. The van der Waals surface area contributed by atoms with E-state index in [1.54, 1.807) is 11.9 Å². The molecule has 1 aromatic rings. The highest BCUT2D eigenvalue weighted by Gasteiger charge is 2.42. The second-order valence-corrected chi connectivity index (χ2v) is 6.85. The summed E-state index contributed by atoms with van der Waals surface area (Å²) in [7, 11) is 1.73. The van der Waals surface area contributed by atoms with Gasteiger partial charge in [-0.15, -0.1) is 0 Å². The van der Waals surface area contributed by atoms with Gasteiger partial charge in [-0.25, -0.2) is 4.79 Å². The lowest BCUT2D eigenvalue weighted by molar-refractivity contribution is -0.125. The van der Waals surface area contributed by atoms with Crippen LogP contribution in [0.5, 0.6) is 0 Å². The first-order valence-electron chi connectivity index (χ1n) is 8.60. The second-order valence-electron chi connectivity index (χ2n) is 6.85. The van der Waals surface area contributed by atoms with Crippen LogP contribution in [0.3, 0.4) is 0 Å². The average Bonchev–Trinajstić information content (AvgIpc) is 2.89. The molecule has 0 bridgehead atoms. The molecule has 1 unspecified atom stereocenters. The topological polar surface area (TPSA) is 52.7 Å². The van der Waals surface area contributed by atoms with E-state index in [-0.39, 0.29) is 18.0 Å². The number of rotatable bonds is 4. The Morgan fingerprint density at radius 1 is 1.21 bits per heavy atom. The molecular formula is C19H25N3O2. The molecule has 5 heteroatoms. The highest BCUT2D eigenvalue weighted by molar-refractivity contribution is 6.01. The monoisotopic (exact) mass is 327 g/mol. The largest absolute Gasteiger partial charge is 0.333 e. The van der Waals surface area contributed by atoms with Gasteiger partial charge in [-0.05, 0) is 23.5 Å². The molecule has 0 saturated heterocycles. The Morgan fingerprint density at radius 2 is 1.88 bits per heavy atom. The van der Waals surface area contributed by atoms with E-state index in [2.05, 4.69) is 38.2 Å². The fourth-order valence-corrected chi connectivity index (χ4v) is 3.40. The van der Waals surface area contributed by atoms with Crippen molar-refractivity contribution in [1.82, 2.24) is 15.1 Å². The van der Waals surface area contributed by atoms with Crippen LogP contribution in [0.4, 0.5) is 4.79 Å². The number of hydrogen-bond acceptors (Lipinski definition) is 2. The fraction of sp³-hybridized carbons (Fsp3) is 0.474. The van der Waals surface area contributed by atoms with Crippen LogP contribution in [-0.4, -0.2) is 41.9 Å². The van der Waals surface area contributed by atoms with Gasteiger partial charge in [-0.2, -0.15) is 0 Å². The molecule has 24 heavy (non-hydrogen) atoms. The van der Waals surface area contributed by atoms with Crippen LogP contribution in [-0.2, 0) is 4.79 Å². The maximum Gasteiger partial charge on any atom is 0.322 e. The summed E-state index contributed by atoms with van der Waals surface area (Å²) in [6, 6.07) is 7.68. The smallest absolute Gasteiger partial charge is 0.322 e. The Labute approximate surface area is 143 Å². The van der Waals surface area contributed by atoms with Gasteiger partial charge in [0.15, 0.2) is 0 Å². The molecule has 3 amide bonds. The minimum atomic E-state index is -0.362. The standard InChI is InChI=1S/C19H25N3O2/c1-5-10-22-11-15-16(18(22)23)17(20-19(24)21(15)4)14-8-6-13(7-9-14)12(2)3/h6-9,12,17H,5,10-11H2,1-4H3,(H,20,24). The molecule has 0 saturated carbocycles. The number of carbonyl (C=O) groups is 2. The SMILES string of the molecule is CCCN1CC2=C(C1=O)C(c1ccc(C(C)C)cc1)NC(=O)N2C. The Morgan fingerprint density at radius 3 is 2.46 bits per heavy atom. The molecule has 0 aliphatic carbocycles. The normalized spacial score (nSPS) is 20.8. The summed E-state index contributed by atoms with van der Waals surface area (Å²) in [5.41, 5.74) is 3.75. The number of hydrogen-bond donors (Lipinski definition) is 1. The number of benzene rings is 1. The molecule has 0 radical (unpaired) electrons. The van der Waals surface area contributed by atoms with Crippen molar-refractivity contribution in [2.45, 2.75) is 39.2 Å². The summed E-state index contributed by atoms with van der Waals surface area (Å²) in [6.07, 6.45) is 0.908. The van der Waals surface area contributed by atoms with Crippen molar-refractivity contribution in [1.29, 1.82) is 0 Å². The van der Waals surface area contributed by atoms with Crippen molar-refractivity contribution in [2.24, 2.45) is 0 Å². The van der Waals surface area contributed by atoms with Gasteiger partial charge in [0.25, 0.3) is 5.91 Å². The van der Waals surface area contributed by atoms with E-state index >= 15 is 0 Å². The van der Waals surface area contributed by atoms with Gasteiger partial charge < -0.3 is 10.2 Å². The lowest BCUT2D eigenvalue weighted by atomic mass is 9.93. The van der Waals surface area contributed by atoms with Crippen LogP contribution >= 0.6 is 0 Å². The molecule has 1 N–H and O–H groups in total. The summed E-state index contributed by atoms with van der Waals surface area (Å²) in [5, 5.41) is 2.98. The summed E-state index contributed by atoms with van der Waals surface area (Å²) in [4.78, 5) is 28.6. The van der Waals surface area contributed by atoms with Crippen LogP contribution in [0.15, 0.2) is 35.5 Å². The van der Waals surface area contributed by atoms with E-state index in [1.165, 1.54) is 5.56 Å². The fourth-order valence-electron chi connectivity index (χ4n) is 3.40. The quantitative estimate of drug-likeness (QED) is 0.924. The van der Waals surface area contributed by atoms with Gasteiger partial charge >= 0.3 is 6.03 Å². The van der Waals surface area contributed by atoms with E-state index < -0.39 is 0 Å². The molecule has 2 heterocycles. The second kappa shape index (κ2) is 6.30. The van der Waals surface area contributed by atoms with Gasteiger partial charge in [-0.1, -0.05) is 45.0 Å². The molecule has 128 valence electrons. The molecular weight excluding hydrogens is 302 g/mol. The minimum absolute atomic E-state index is 0.0386. The first-order valence-corrected chi connectivity index (χ1v) is 8.60. The van der Waals surface area contributed by atoms with E-state index in [0.717, 1.165) is 17.7 Å². The third kappa shape index (κ3) is 2.68. The zero-order valence-corrected chi connectivity index (χ0v) is 14.8. The number of likely N-dealkylation sites (N-methyl/N-ethyl adjacent to an activating group) is 1. The average molecular weight is 327 g/mol. The van der Waals surface area contributed by atoms with Gasteiger partial charge in [0, 0.05) is 13.6 Å². The summed E-state index contributed by atoms with van der Waals surface area (Å²) in [5.74, 6) is 0.491. The molecule has 0 aromatic heterocycles. The number of amides is 3. The van der Waals surface area contributed by atoms with E-state index in [1.807, 2.05) is 17.0 Å². The van der Waals surface area contributed by atoms with Crippen LogP contribution in [0.1, 0.15) is 50.3 Å². The Balaban J connectivity index is 1.98. The van der Waals surface area contributed by atoms with Crippen molar-refractivity contribution in [2.75, 3.05) is 20.1 Å². The van der Waals surface area contributed by atoms with Crippen molar-refractivity contribution >= 4 is 11.9 Å². The molecule has 5 nitrogen and oxygen atoms in total. The van der Waals surface area contributed by atoms with Gasteiger partial charge in [0.05, 0.1) is 23.9 Å². The molecule has 2 aliphatic rings. The number of nitrogens with zero attached hydrogens (tertiary/aromatic N) is 2. The van der Waals surface area contributed by atoms with E-state index in [0.29, 0.717) is 24.6 Å².